The highest BCUT2D eigenvalue weighted by atomic mass is 35.5. The summed E-state index contributed by atoms with van der Waals surface area (Å²) in [5.74, 6) is -0.683. The number of halogens is 1. The smallest absolute Gasteiger partial charge is 0.245 e. The highest BCUT2D eigenvalue weighted by molar-refractivity contribution is 7.89. The topological polar surface area (TPSA) is 106 Å². The van der Waals surface area contributed by atoms with Gasteiger partial charge in [0.2, 0.25) is 15.9 Å². The third kappa shape index (κ3) is 3.48. The minimum atomic E-state index is -3.88. The molecular formula is C13H18ClN3O3S. The van der Waals surface area contributed by atoms with Crippen LogP contribution in [-0.2, 0) is 14.8 Å². The van der Waals surface area contributed by atoms with E-state index >= 15 is 0 Å². The average Bonchev–Trinajstić information content (AvgIpc) is 2.88. The Morgan fingerprint density at radius 1 is 1.33 bits per heavy atom. The second-order valence-corrected chi connectivity index (χ2v) is 7.41. The van der Waals surface area contributed by atoms with Crippen LogP contribution in [-0.4, -0.2) is 31.2 Å². The number of benzene rings is 1. The maximum atomic E-state index is 12.8. The molecule has 1 saturated carbocycles. The van der Waals surface area contributed by atoms with Crippen LogP contribution >= 0.6 is 11.6 Å². The lowest BCUT2D eigenvalue weighted by Gasteiger charge is -2.27. The van der Waals surface area contributed by atoms with Crippen molar-refractivity contribution in [2.24, 2.45) is 5.73 Å². The number of anilines is 1. The first-order chi connectivity index (χ1) is 9.82. The predicted molar refractivity (Wildman–Crippen MR) is 81.2 cm³/mol. The van der Waals surface area contributed by atoms with E-state index in [4.69, 9.17) is 23.1 Å². The quantitative estimate of drug-likeness (QED) is 0.794. The molecule has 116 valence electrons. The van der Waals surface area contributed by atoms with Crippen LogP contribution in [0, 0.1) is 0 Å². The number of nitrogens with two attached hydrogens (primary N) is 2. The van der Waals surface area contributed by atoms with E-state index in [-0.39, 0.29) is 22.5 Å². The SMILES string of the molecule is NC(=O)CN(C1CCCC1)S(=O)(=O)c1ccc(N)cc1Cl. The lowest BCUT2D eigenvalue weighted by Crippen LogP contribution is -2.44. The zero-order chi connectivity index (χ0) is 15.6. The summed E-state index contributed by atoms with van der Waals surface area (Å²) in [6, 6.07) is 3.99. The van der Waals surface area contributed by atoms with Crippen molar-refractivity contribution in [3.05, 3.63) is 23.2 Å². The Hall–Kier alpha value is -1.31. The van der Waals surface area contributed by atoms with Crippen LogP contribution in [0.15, 0.2) is 23.1 Å². The van der Waals surface area contributed by atoms with Crippen LogP contribution in [0.5, 0.6) is 0 Å². The highest BCUT2D eigenvalue weighted by Gasteiger charge is 2.35. The molecule has 1 amide bonds. The number of rotatable bonds is 5. The Bertz CT molecular complexity index is 642. The van der Waals surface area contributed by atoms with Crippen LogP contribution in [0.25, 0.3) is 0 Å². The number of hydrogen-bond donors (Lipinski definition) is 2. The molecule has 0 radical (unpaired) electrons. The number of carbonyl (C=O) groups excluding carboxylic acids is 1. The van der Waals surface area contributed by atoms with Crippen LogP contribution in [0.3, 0.4) is 0 Å². The fourth-order valence-corrected chi connectivity index (χ4v) is 4.79. The predicted octanol–water partition coefficient (Wildman–Crippen LogP) is 1.34. The molecule has 0 bridgehead atoms. The molecule has 6 nitrogen and oxygen atoms in total. The van der Waals surface area contributed by atoms with Crippen molar-refractivity contribution < 1.29 is 13.2 Å². The molecule has 1 fully saturated rings. The van der Waals surface area contributed by atoms with Crippen molar-refractivity contribution in [1.29, 1.82) is 0 Å². The molecule has 0 aromatic heterocycles. The molecule has 1 aromatic carbocycles. The Balaban J connectivity index is 2.43. The van der Waals surface area contributed by atoms with Crippen molar-refractivity contribution in [2.75, 3.05) is 12.3 Å². The van der Waals surface area contributed by atoms with Gasteiger partial charge in [-0.15, -0.1) is 0 Å². The van der Waals surface area contributed by atoms with Gasteiger partial charge >= 0.3 is 0 Å². The molecule has 2 rings (SSSR count). The summed E-state index contributed by atoms with van der Waals surface area (Å²) >= 11 is 6.00. The number of sulfonamides is 1. The third-order valence-corrected chi connectivity index (χ3v) is 5.97. The summed E-state index contributed by atoms with van der Waals surface area (Å²) in [6.45, 7) is -0.340. The van der Waals surface area contributed by atoms with E-state index < -0.39 is 15.9 Å². The van der Waals surface area contributed by atoms with E-state index in [1.165, 1.54) is 22.5 Å². The van der Waals surface area contributed by atoms with Crippen molar-refractivity contribution >= 4 is 33.2 Å². The molecule has 0 aliphatic heterocycles. The summed E-state index contributed by atoms with van der Waals surface area (Å²) in [6.07, 6.45) is 3.31. The van der Waals surface area contributed by atoms with Crippen LogP contribution in [0.4, 0.5) is 5.69 Å². The summed E-state index contributed by atoms with van der Waals surface area (Å²) < 4.78 is 26.7. The van der Waals surface area contributed by atoms with Crippen LogP contribution < -0.4 is 11.5 Å². The fourth-order valence-electron chi connectivity index (χ4n) is 2.61. The lowest BCUT2D eigenvalue weighted by atomic mass is 10.2. The van der Waals surface area contributed by atoms with Crippen LogP contribution in [0.1, 0.15) is 25.7 Å². The maximum Gasteiger partial charge on any atom is 0.245 e. The first kappa shape index (κ1) is 16.1. The average molecular weight is 332 g/mol. The van der Waals surface area contributed by atoms with Gasteiger partial charge in [0.25, 0.3) is 0 Å². The normalized spacial score (nSPS) is 16.5. The van der Waals surface area contributed by atoms with Crippen LogP contribution in [0.2, 0.25) is 5.02 Å². The summed E-state index contributed by atoms with van der Waals surface area (Å²) in [5.41, 5.74) is 11.2. The van der Waals surface area contributed by atoms with Crippen molar-refractivity contribution in [2.45, 2.75) is 36.6 Å². The Labute approximate surface area is 129 Å². The molecule has 1 aromatic rings. The van der Waals surface area contributed by atoms with Gasteiger partial charge in [0.05, 0.1) is 11.6 Å². The van der Waals surface area contributed by atoms with Crippen molar-refractivity contribution in [1.82, 2.24) is 4.31 Å². The van der Waals surface area contributed by atoms with Gasteiger partial charge in [0.15, 0.2) is 0 Å². The molecule has 4 N–H and O–H groups in total. The number of amides is 1. The second kappa shape index (κ2) is 6.21. The number of hydrogen-bond acceptors (Lipinski definition) is 4. The number of primary amides is 1. The zero-order valence-corrected chi connectivity index (χ0v) is 13.0. The van der Waals surface area contributed by atoms with E-state index in [0.29, 0.717) is 5.69 Å². The molecule has 0 unspecified atom stereocenters. The summed E-state index contributed by atoms with van der Waals surface area (Å²) in [5, 5.41) is 0.0440. The van der Waals surface area contributed by atoms with Gasteiger partial charge in [0, 0.05) is 11.7 Å². The number of nitrogens with zero attached hydrogens (tertiary/aromatic N) is 1. The van der Waals surface area contributed by atoms with Gasteiger partial charge < -0.3 is 11.5 Å². The minimum absolute atomic E-state index is 0.0440. The van der Waals surface area contributed by atoms with E-state index in [1.807, 2.05) is 0 Å². The largest absolute Gasteiger partial charge is 0.399 e. The van der Waals surface area contributed by atoms with E-state index in [2.05, 4.69) is 0 Å². The van der Waals surface area contributed by atoms with Gasteiger partial charge in [-0.1, -0.05) is 24.4 Å². The standard InChI is InChI=1S/C13H18ClN3O3S/c14-11-7-9(15)5-6-12(11)21(19,20)17(8-13(16)18)10-3-1-2-4-10/h5-7,10H,1-4,8,15H2,(H2,16,18). The fraction of sp³-hybridized carbons (Fsp3) is 0.462. The highest BCUT2D eigenvalue weighted by Crippen LogP contribution is 2.32. The van der Waals surface area contributed by atoms with Crippen molar-refractivity contribution in [3.63, 3.8) is 0 Å². The molecule has 0 heterocycles. The Morgan fingerprint density at radius 2 is 1.95 bits per heavy atom. The molecule has 0 spiro atoms. The maximum absolute atomic E-state index is 12.8. The Morgan fingerprint density at radius 3 is 2.48 bits per heavy atom. The minimum Gasteiger partial charge on any atom is -0.399 e. The first-order valence-corrected chi connectivity index (χ1v) is 8.49. The molecule has 1 aliphatic carbocycles. The molecule has 8 heteroatoms. The van der Waals surface area contributed by atoms with E-state index in [1.54, 1.807) is 0 Å². The monoisotopic (exact) mass is 331 g/mol. The molecule has 21 heavy (non-hydrogen) atoms. The molecular weight excluding hydrogens is 314 g/mol. The Kier molecular flexibility index (Phi) is 4.75. The van der Waals surface area contributed by atoms with E-state index in [9.17, 15) is 13.2 Å². The van der Waals surface area contributed by atoms with Gasteiger partial charge in [-0.05, 0) is 31.0 Å². The first-order valence-electron chi connectivity index (χ1n) is 6.67. The van der Waals surface area contributed by atoms with Gasteiger partial charge in [-0.3, -0.25) is 4.79 Å². The lowest BCUT2D eigenvalue weighted by molar-refractivity contribution is -0.118. The third-order valence-electron chi connectivity index (χ3n) is 3.59. The van der Waals surface area contributed by atoms with E-state index in [0.717, 1.165) is 25.7 Å². The number of nitrogen functional groups attached to an aromatic ring is 1. The van der Waals surface area contributed by atoms with Gasteiger partial charge in [0.1, 0.15) is 4.90 Å². The second-order valence-electron chi connectivity index (χ2n) is 5.14. The summed E-state index contributed by atoms with van der Waals surface area (Å²) in [4.78, 5) is 11.2. The van der Waals surface area contributed by atoms with Gasteiger partial charge in [-0.25, -0.2) is 8.42 Å². The zero-order valence-electron chi connectivity index (χ0n) is 11.5. The molecule has 0 atom stereocenters. The van der Waals surface area contributed by atoms with Crippen molar-refractivity contribution in [3.8, 4) is 0 Å². The summed E-state index contributed by atoms with van der Waals surface area (Å²) in [7, 11) is -3.88. The molecule has 1 aliphatic rings. The van der Waals surface area contributed by atoms with Gasteiger partial charge in [-0.2, -0.15) is 4.31 Å². The number of carbonyl (C=O) groups is 1. The molecule has 0 saturated heterocycles.